The summed E-state index contributed by atoms with van der Waals surface area (Å²) in [6.07, 6.45) is 1.91. The summed E-state index contributed by atoms with van der Waals surface area (Å²) in [5.74, 6) is -0.186. The van der Waals surface area contributed by atoms with Crippen molar-refractivity contribution in [3.63, 3.8) is 0 Å². The Bertz CT molecular complexity index is 354. The molecule has 0 aliphatic heterocycles. The van der Waals surface area contributed by atoms with Gasteiger partial charge in [-0.2, -0.15) is 0 Å². The van der Waals surface area contributed by atoms with Crippen molar-refractivity contribution in [1.82, 2.24) is 0 Å². The first-order valence-electron chi connectivity index (χ1n) is 5.35. The number of unbranched alkanes of at least 4 members (excludes halogenated alkanes) is 1. The van der Waals surface area contributed by atoms with Crippen molar-refractivity contribution in [2.75, 3.05) is 6.54 Å². The zero-order valence-electron chi connectivity index (χ0n) is 9.19. The molecule has 0 unspecified atom stereocenters. The number of hydrogen-bond acceptors (Lipinski definition) is 2. The first-order valence-corrected chi connectivity index (χ1v) is 5.35. The Morgan fingerprint density at radius 1 is 1.25 bits per heavy atom. The minimum absolute atomic E-state index is 0.186. The van der Waals surface area contributed by atoms with Gasteiger partial charge in [-0.1, -0.05) is 30.3 Å². The normalized spacial score (nSPS) is 9.44. The van der Waals surface area contributed by atoms with Crippen molar-refractivity contribution in [3.8, 4) is 0 Å². The molecule has 16 heavy (non-hydrogen) atoms. The Kier molecular flexibility index (Phi) is 5.72. The zero-order valence-corrected chi connectivity index (χ0v) is 9.19. The molecule has 0 aliphatic carbocycles. The van der Waals surface area contributed by atoms with Crippen LogP contribution in [0, 0.1) is 6.57 Å². The number of rotatable bonds is 6. The number of hydrogen-bond donors (Lipinski definition) is 0. The maximum atomic E-state index is 11.3. The minimum Gasteiger partial charge on any atom is -0.461 e. The molecule has 84 valence electrons. The van der Waals surface area contributed by atoms with E-state index >= 15 is 0 Å². The van der Waals surface area contributed by atoms with Gasteiger partial charge in [0.1, 0.15) is 6.61 Å². The summed E-state index contributed by atoms with van der Waals surface area (Å²) < 4.78 is 5.09. The third-order valence-corrected chi connectivity index (χ3v) is 2.14. The van der Waals surface area contributed by atoms with Crippen molar-refractivity contribution in [2.24, 2.45) is 0 Å². The minimum atomic E-state index is -0.186. The molecule has 1 aromatic carbocycles. The molecule has 1 aromatic rings. The fourth-order valence-electron chi connectivity index (χ4n) is 1.27. The van der Waals surface area contributed by atoms with E-state index in [2.05, 4.69) is 4.85 Å². The first kappa shape index (κ1) is 12.3. The Morgan fingerprint density at radius 2 is 2.00 bits per heavy atom. The second kappa shape index (κ2) is 7.47. The lowest BCUT2D eigenvalue weighted by molar-refractivity contribution is -0.145. The van der Waals surface area contributed by atoms with E-state index in [9.17, 15) is 4.79 Å². The van der Waals surface area contributed by atoms with Crippen LogP contribution in [0.5, 0.6) is 0 Å². The summed E-state index contributed by atoms with van der Waals surface area (Å²) in [7, 11) is 0. The molecule has 0 heterocycles. The molecule has 3 nitrogen and oxygen atoms in total. The van der Waals surface area contributed by atoms with E-state index < -0.39 is 0 Å². The Morgan fingerprint density at radius 3 is 2.69 bits per heavy atom. The van der Waals surface area contributed by atoms with E-state index in [1.165, 1.54) is 0 Å². The van der Waals surface area contributed by atoms with Gasteiger partial charge < -0.3 is 9.58 Å². The molecule has 0 N–H and O–H groups in total. The molecule has 0 aliphatic rings. The molecule has 0 saturated heterocycles. The van der Waals surface area contributed by atoms with E-state index in [1.807, 2.05) is 30.3 Å². The maximum Gasteiger partial charge on any atom is 0.306 e. The summed E-state index contributed by atoms with van der Waals surface area (Å²) in [6, 6.07) is 9.60. The lowest BCUT2D eigenvalue weighted by Crippen LogP contribution is -2.04. The van der Waals surface area contributed by atoms with Gasteiger partial charge in [0, 0.05) is 12.8 Å². The smallest absolute Gasteiger partial charge is 0.306 e. The van der Waals surface area contributed by atoms with Crippen LogP contribution in [0.3, 0.4) is 0 Å². The van der Waals surface area contributed by atoms with Gasteiger partial charge >= 0.3 is 5.97 Å². The Hall–Kier alpha value is -1.82. The summed E-state index contributed by atoms with van der Waals surface area (Å²) in [5.41, 5.74) is 0.997. The van der Waals surface area contributed by atoms with Crippen LogP contribution < -0.4 is 0 Å². The molecule has 0 aromatic heterocycles. The number of carbonyl (C=O) groups is 1. The maximum absolute atomic E-state index is 11.3. The number of nitrogens with zero attached hydrogens (tertiary/aromatic N) is 1. The standard InChI is InChI=1S/C13H15NO2/c1-14-10-6-5-9-13(15)16-11-12-7-3-2-4-8-12/h2-4,7-8H,5-6,9-11H2. The van der Waals surface area contributed by atoms with Crippen LogP contribution in [-0.2, 0) is 16.1 Å². The van der Waals surface area contributed by atoms with Crippen LogP contribution in [0.15, 0.2) is 30.3 Å². The summed E-state index contributed by atoms with van der Waals surface area (Å²) >= 11 is 0. The van der Waals surface area contributed by atoms with E-state index in [-0.39, 0.29) is 5.97 Å². The highest BCUT2D eigenvalue weighted by Crippen LogP contribution is 2.03. The largest absolute Gasteiger partial charge is 0.461 e. The first-order chi connectivity index (χ1) is 7.83. The average molecular weight is 217 g/mol. The topological polar surface area (TPSA) is 30.7 Å². The predicted molar refractivity (Wildman–Crippen MR) is 61.6 cm³/mol. The van der Waals surface area contributed by atoms with Crippen LogP contribution in [0.2, 0.25) is 0 Å². The highest BCUT2D eigenvalue weighted by Gasteiger charge is 2.03. The molecular formula is C13H15NO2. The molecule has 0 saturated carbocycles. The fourth-order valence-corrected chi connectivity index (χ4v) is 1.27. The van der Waals surface area contributed by atoms with Crippen molar-refractivity contribution in [3.05, 3.63) is 47.3 Å². The molecule has 1 rings (SSSR count). The summed E-state index contributed by atoms with van der Waals surface area (Å²) in [4.78, 5) is 14.5. The van der Waals surface area contributed by atoms with Gasteiger partial charge in [0.2, 0.25) is 6.54 Å². The quantitative estimate of drug-likeness (QED) is 0.417. The molecule has 3 heteroatoms. The lowest BCUT2D eigenvalue weighted by Gasteiger charge is -2.03. The number of carbonyl (C=O) groups excluding carboxylic acids is 1. The van der Waals surface area contributed by atoms with Crippen molar-refractivity contribution >= 4 is 5.97 Å². The van der Waals surface area contributed by atoms with Crippen LogP contribution in [0.4, 0.5) is 0 Å². The van der Waals surface area contributed by atoms with Gasteiger partial charge in [0.15, 0.2) is 0 Å². The lowest BCUT2D eigenvalue weighted by atomic mass is 10.2. The molecule has 0 atom stereocenters. The Balaban J connectivity index is 2.14. The van der Waals surface area contributed by atoms with Gasteiger partial charge in [0.05, 0.1) is 0 Å². The van der Waals surface area contributed by atoms with Crippen LogP contribution in [-0.4, -0.2) is 12.5 Å². The second-order valence-corrected chi connectivity index (χ2v) is 3.49. The van der Waals surface area contributed by atoms with Crippen LogP contribution in [0.1, 0.15) is 24.8 Å². The zero-order chi connectivity index (χ0) is 11.6. The second-order valence-electron chi connectivity index (χ2n) is 3.49. The highest BCUT2D eigenvalue weighted by atomic mass is 16.5. The number of esters is 1. The van der Waals surface area contributed by atoms with Crippen molar-refractivity contribution < 1.29 is 9.53 Å². The third kappa shape index (κ3) is 5.16. The molecule has 0 spiro atoms. The van der Waals surface area contributed by atoms with Gasteiger partial charge in [-0.25, -0.2) is 6.57 Å². The predicted octanol–water partition coefficient (Wildman–Crippen LogP) is 2.82. The summed E-state index contributed by atoms with van der Waals surface area (Å²) in [5, 5.41) is 0. The van der Waals surface area contributed by atoms with Gasteiger partial charge in [-0.3, -0.25) is 4.79 Å². The number of benzene rings is 1. The van der Waals surface area contributed by atoms with E-state index in [0.717, 1.165) is 18.4 Å². The SMILES string of the molecule is [C-]#[N+]CCCCC(=O)OCc1ccccc1. The Labute approximate surface area is 95.9 Å². The molecule has 0 fully saturated rings. The van der Waals surface area contributed by atoms with Crippen LogP contribution in [0.25, 0.3) is 4.85 Å². The molecule has 0 amide bonds. The summed E-state index contributed by atoms with van der Waals surface area (Å²) in [6.45, 7) is 7.42. The monoisotopic (exact) mass is 217 g/mol. The van der Waals surface area contributed by atoms with E-state index in [1.54, 1.807) is 0 Å². The average Bonchev–Trinajstić information content (AvgIpc) is 2.33. The van der Waals surface area contributed by atoms with Crippen LogP contribution >= 0.6 is 0 Å². The molecule has 0 radical (unpaired) electrons. The fraction of sp³-hybridized carbons (Fsp3) is 0.385. The molecule has 0 bridgehead atoms. The van der Waals surface area contributed by atoms with Gasteiger partial charge in [-0.05, 0) is 12.0 Å². The van der Waals surface area contributed by atoms with Gasteiger partial charge in [-0.15, -0.1) is 0 Å². The number of ether oxygens (including phenoxy) is 1. The highest BCUT2D eigenvalue weighted by molar-refractivity contribution is 5.69. The van der Waals surface area contributed by atoms with Crippen molar-refractivity contribution in [2.45, 2.75) is 25.9 Å². The molecular weight excluding hydrogens is 202 g/mol. The van der Waals surface area contributed by atoms with Gasteiger partial charge in [0.25, 0.3) is 0 Å². The third-order valence-electron chi connectivity index (χ3n) is 2.14. The van der Waals surface area contributed by atoms with Crippen molar-refractivity contribution in [1.29, 1.82) is 0 Å². The van der Waals surface area contributed by atoms with E-state index in [0.29, 0.717) is 19.6 Å². The van der Waals surface area contributed by atoms with E-state index in [4.69, 9.17) is 11.3 Å².